The Hall–Kier alpha value is -2.63. The Morgan fingerprint density at radius 2 is 1.80 bits per heavy atom. The molecule has 2 aromatic carbocycles. The van der Waals surface area contributed by atoms with Crippen molar-refractivity contribution in [3.05, 3.63) is 71.4 Å². The molecule has 30 heavy (non-hydrogen) atoms. The monoisotopic (exact) mass is 406 g/mol. The first kappa shape index (κ1) is 20.6. The summed E-state index contributed by atoms with van der Waals surface area (Å²) in [6, 6.07) is 16.4. The Kier molecular flexibility index (Phi) is 6.50. The number of carbonyl (C=O) groups is 1. The molecule has 1 unspecified atom stereocenters. The van der Waals surface area contributed by atoms with E-state index in [1.54, 1.807) is 6.92 Å². The van der Waals surface area contributed by atoms with Crippen molar-refractivity contribution in [3.63, 3.8) is 0 Å². The summed E-state index contributed by atoms with van der Waals surface area (Å²) in [5.74, 6) is 0.103. The lowest BCUT2D eigenvalue weighted by Crippen LogP contribution is -2.40. The number of aromatic nitrogens is 1. The van der Waals surface area contributed by atoms with E-state index in [2.05, 4.69) is 22.8 Å². The van der Waals surface area contributed by atoms with Gasteiger partial charge in [0.1, 0.15) is 0 Å². The van der Waals surface area contributed by atoms with Crippen molar-refractivity contribution in [2.24, 2.45) is 0 Å². The molecule has 0 bridgehead atoms. The molecule has 0 aliphatic carbocycles. The van der Waals surface area contributed by atoms with Crippen LogP contribution in [-0.4, -0.2) is 46.8 Å². The van der Waals surface area contributed by atoms with E-state index in [1.165, 1.54) is 5.56 Å². The highest BCUT2D eigenvalue weighted by atomic mass is 16.5. The van der Waals surface area contributed by atoms with Gasteiger partial charge in [-0.05, 0) is 43.4 Å². The summed E-state index contributed by atoms with van der Waals surface area (Å²) < 4.78 is 7.61. The van der Waals surface area contributed by atoms with E-state index in [0.717, 1.165) is 47.8 Å². The van der Waals surface area contributed by atoms with Crippen molar-refractivity contribution in [3.8, 4) is 0 Å². The summed E-state index contributed by atoms with van der Waals surface area (Å²) >= 11 is 0. The summed E-state index contributed by atoms with van der Waals surface area (Å²) in [7, 11) is 0. The Morgan fingerprint density at radius 1 is 1.07 bits per heavy atom. The molecule has 0 spiro atoms. The lowest BCUT2D eigenvalue weighted by molar-refractivity contribution is 0.0304. The second-order valence-corrected chi connectivity index (χ2v) is 8.03. The number of hydrogen-bond acceptors (Lipinski definition) is 3. The van der Waals surface area contributed by atoms with Crippen molar-refractivity contribution in [2.45, 2.75) is 38.8 Å². The fourth-order valence-corrected chi connectivity index (χ4v) is 4.11. The number of ether oxygens (including phenoxy) is 1. The van der Waals surface area contributed by atoms with Crippen LogP contribution in [0.1, 0.15) is 47.4 Å². The van der Waals surface area contributed by atoms with E-state index < -0.39 is 6.10 Å². The number of unbranched alkanes of at least 4 members (excludes halogenated alkanes) is 1. The molecule has 1 saturated heterocycles. The van der Waals surface area contributed by atoms with Crippen molar-refractivity contribution < 1.29 is 14.6 Å². The summed E-state index contributed by atoms with van der Waals surface area (Å²) in [6.45, 7) is 5.22. The van der Waals surface area contributed by atoms with Crippen LogP contribution in [0.5, 0.6) is 0 Å². The zero-order chi connectivity index (χ0) is 20.9. The van der Waals surface area contributed by atoms with Gasteiger partial charge in [-0.3, -0.25) is 4.79 Å². The first-order valence-electron chi connectivity index (χ1n) is 10.9. The number of aliphatic hydroxyl groups excluding tert-OH is 1. The first-order valence-corrected chi connectivity index (χ1v) is 10.9. The average Bonchev–Trinajstić information content (AvgIpc) is 3.16. The Labute approximate surface area is 177 Å². The molecule has 4 rings (SSSR count). The SMILES string of the molecule is CC(O)c1ccc(CCCCn2cc(C(=O)N3CCOCC3)c3ccccc32)cc1. The lowest BCUT2D eigenvalue weighted by Gasteiger charge is -2.26. The molecule has 1 aromatic heterocycles. The minimum atomic E-state index is -0.421. The third-order valence-corrected chi connectivity index (χ3v) is 5.89. The maximum atomic E-state index is 13.1. The molecule has 5 nitrogen and oxygen atoms in total. The van der Waals surface area contributed by atoms with Gasteiger partial charge in [-0.15, -0.1) is 0 Å². The molecule has 1 atom stereocenters. The van der Waals surface area contributed by atoms with E-state index in [1.807, 2.05) is 41.4 Å². The highest BCUT2D eigenvalue weighted by Gasteiger charge is 2.22. The highest BCUT2D eigenvalue weighted by molar-refractivity contribution is 6.07. The number of aliphatic hydroxyl groups is 1. The van der Waals surface area contributed by atoms with Gasteiger partial charge in [-0.25, -0.2) is 0 Å². The number of benzene rings is 2. The number of morpholine rings is 1. The molecule has 0 radical (unpaired) electrons. The van der Waals surface area contributed by atoms with Crippen LogP contribution in [0.25, 0.3) is 10.9 Å². The molecule has 1 amide bonds. The van der Waals surface area contributed by atoms with E-state index in [4.69, 9.17) is 4.74 Å². The number of rotatable bonds is 7. The first-order chi connectivity index (χ1) is 14.6. The fourth-order valence-electron chi connectivity index (χ4n) is 4.11. The van der Waals surface area contributed by atoms with Gasteiger partial charge in [-0.1, -0.05) is 42.5 Å². The minimum Gasteiger partial charge on any atom is -0.389 e. The van der Waals surface area contributed by atoms with Gasteiger partial charge in [0.15, 0.2) is 0 Å². The van der Waals surface area contributed by atoms with Gasteiger partial charge >= 0.3 is 0 Å². The molecule has 0 saturated carbocycles. The molecule has 1 aliphatic rings. The molecule has 1 fully saturated rings. The van der Waals surface area contributed by atoms with Crippen LogP contribution in [0, 0.1) is 0 Å². The smallest absolute Gasteiger partial charge is 0.256 e. The van der Waals surface area contributed by atoms with E-state index in [0.29, 0.717) is 26.3 Å². The second kappa shape index (κ2) is 9.45. The Morgan fingerprint density at radius 3 is 2.53 bits per heavy atom. The van der Waals surface area contributed by atoms with Gasteiger partial charge in [0, 0.05) is 36.7 Å². The maximum absolute atomic E-state index is 13.1. The third-order valence-electron chi connectivity index (χ3n) is 5.89. The van der Waals surface area contributed by atoms with E-state index in [-0.39, 0.29) is 5.91 Å². The van der Waals surface area contributed by atoms with Crippen LogP contribution in [-0.2, 0) is 17.7 Å². The molecule has 3 aromatic rings. The molecule has 1 N–H and O–H groups in total. The van der Waals surface area contributed by atoms with Crippen molar-refractivity contribution >= 4 is 16.8 Å². The van der Waals surface area contributed by atoms with Crippen LogP contribution in [0.3, 0.4) is 0 Å². The van der Waals surface area contributed by atoms with Crippen LogP contribution < -0.4 is 0 Å². The van der Waals surface area contributed by atoms with Gasteiger partial charge in [0.25, 0.3) is 5.91 Å². The van der Waals surface area contributed by atoms with E-state index >= 15 is 0 Å². The minimum absolute atomic E-state index is 0.103. The Balaban J connectivity index is 1.41. The van der Waals surface area contributed by atoms with Crippen LogP contribution in [0.4, 0.5) is 0 Å². The summed E-state index contributed by atoms with van der Waals surface area (Å²) in [5, 5.41) is 10.7. The predicted octanol–water partition coefficient (Wildman–Crippen LogP) is 4.19. The van der Waals surface area contributed by atoms with Crippen LogP contribution in [0.2, 0.25) is 0 Å². The van der Waals surface area contributed by atoms with Gasteiger partial charge in [0.2, 0.25) is 0 Å². The number of para-hydroxylation sites is 1. The number of aryl methyl sites for hydroxylation is 2. The molecule has 1 aliphatic heterocycles. The van der Waals surface area contributed by atoms with Gasteiger partial charge < -0.3 is 19.3 Å². The maximum Gasteiger partial charge on any atom is 0.256 e. The largest absolute Gasteiger partial charge is 0.389 e. The van der Waals surface area contributed by atoms with Gasteiger partial charge in [0.05, 0.1) is 24.9 Å². The number of nitrogens with zero attached hydrogens (tertiary/aromatic N) is 2. The van der Waals surface area contributed by atoms with Gasteiger partial charge in [-0.2, -0.15) is 0 Å². The normalized spacial score (nSPS) is 15.5. The fraction of sp³-hybridized carbons (Fsp3) is 0.400. The Bertz CT molecular complexity index is 985. The van der Waals surface area contributed by atoms with Crippen molar-refractivity contribution in [1.82, 2.24) is 9.47 Å². The van der Waals surface area contributed by atoms with Crippen molar-refractivity contribution in [2.75, 3.05) is 26.3 Å². The van der Waals surface area contributed by atoms with Crippen LogP contribution >= 0.6 is 0 Å². The standard InChI is InChI=1S/C25H30N2O3/c1-19(28)21-11-9-20(10-12-21)6-4-5-13-27-18-23(22-7-2-3-8-24(22)27)25(29)26-14-16-30-17-15-26/h2-3,7-12,18-19,28H,4-6,13-17H2,1H3. The molecule has 158 valence electrons. The van der Waals surface area contributed by atoms with E-state index in [9.17, 15) is 9.90 Å². The number of fused-ring (bicyclic) bond motifs is 1. The lowest BCUT2D eigenvalue weighted by atomic mass is 10.0. The zero-order valence-corrected chi connectivity index (χ0v) is 17.6. The number of hydrogen-bond donors (Lipinski definition) is 1. The molecular weight excluding hydrogens is 376 g/mol. The molecule has 2 heterocycles. The highest BCUT2D eigenvalue weighted by Crippen LogP contribution is 2.24. The quantitative estimate of drug-likeness (QED) is 0.599. The average molecular weight is 407 g/mol. The topological polar surface area (TPSA) is 54.7 Å². The molecule has 5 heteroatoms. The second-order valence-electron chi connectivity index (χ2n) is 8.03. The predicted molar refractivity (Wildman–Crippen MR) is 119 cm³/mol. The summed E-state index contributed by atoms with van der Waals surface area (Å²) in [6.07, 6.45) is 4.74. The third kappa shape index (κ3) is 4.58. The summed E-state index contributed by atoms with van der Waals surface area (Å²) in [4.78, 5) is 15.0. The number of carbonyl (C=O) groups excluding carboxylic acids is 1. The molecular formula is C25H30N2O3. The van der Waals surface area contributed by atoms with Crippen LogP contribution in [0.15, 0.2) is 54.7 Å². The zero-order valence-electron chi connectivity index (χ0n) is 17.6. The van der Waals surface area contributed by atoms with Crippen molar-refractivity contribution in [1.29, 1.82) is 0 Å². The number of amides is 1. The summed E-state index contributed by atoms with van der Waals surface area (Å²) in [5.41, 5.74) is 4.16.